The van der Waals surface area contributed by atoms with Crippen LogP contribution in [-0.4, -0.2) is 26.3 Å². The third-order valence-corrected chi connectivity index (χ3v) is 5.47. The van der Waals surface area contributed by atoms with Crippen molar-refractivity contribution in [2.24, 2.45) is 0 Å². The minimum atomic E-state index is -0.251. The number of carbonyl (C=O) groups excluding carboxylic acids is 1. The fraction of sp³-hybridized carbons (Fsp3) is 0.222. The number of aromatic amines is 1. The summed E-state index contributed by atoms with van der Waals surface area (Å²) in [6, 6.07) is 9.42. The number of amides is 1. The van der Waals surface area contributed by atoms with Gasteiger partial charge in [0.05, 0.1) is 16.1 Å². The lowest BCUT2D eigenvalue weighted by Gasteiger charge is -2.01. The molecule has 1 saturated carbocycles. The van der Waals surface area contributed by atoms with Crippen molar-refractivity contribution in [3.8, 4) is 10.8 Å². The maximum atomic E-state index is 12.6. The first-order chi connectivity index (χ1) is 12.7. The van der Waals surface area contributed by atoms with Crippen molar-refractivity contribution in [3.63, 3.8) is 0 Å². The first-order valence-corrected chi connectivity index (χ1v) is 9.19. The van der Waals surface area contributed by atoms with Crippen LogP contribution in [0.15, 0.2) is 34.7 Å². The van der Waals surface area contributed by atoms with Crippen LogP contribution in [0.2, 0.25) is 0 Å². The molecule has 1 aromatic carbocycles. The fourth-order valence-corrected chi connectivity index (χ4v) is 3.76. The third kappa shape index (κ3) is 2.59. The van der Waals surface area contributed by atoms with Gasteiger partial charge in [-0.3, -0.25) is 9.89 Å². The average Bonchev–Trinajstić information content (AvgIpc) is 3.07. The van der Waals surface area contributed by atoms with Gasteiger partial charge in [-0.05, 0) is 31.9 Å². The molecular formula is C18H15N5O2S. The summed E-state index contributed by atoms with van der Waals surface area (Å²) in [6.45, 7) is 1.95. The van der Waals surface area contributed by atoms with E-state index >= 15 is 0 Å². The lowest BCUT2D eigenvalue weighted by Crippen LogP contribution is -2.12. The Bertz CT molecular complexity index is 1120. The Kier molecular flexibility index (Phi) is 3.39. The molecule has 1 aliphatic carbocycles. The lowest BCUT2D eigenvalue weighted by molar-refractivity contribution is 0.102. The summed E-state index contributed by atoms with van der Waals surface area (Å²) >= 11 is 1.52. The number of rotatable bonds is 4. The van der Waals surface area contributed by atoms with E-state index in [4.69, 9.17) is 4.42 Å². The number of fused-ring (bicyclic) bond motifs is 1. The minimum absolute atomic E-state index is 0.251. The van der Waals surface area contributed by atoms with Crippen molar-refractivity contribution >= 4 is 33.8 Å². The molecule has 1 amide bonds. The number of H-pyrrole nitrogens is 1. The van der Waals surface area contributed by atoms with Gasteiger partial charge in [0, 0.05) is 16.2 Å². The van der Waals surface area contributed by atoms with E-state index in [1.54, 1.807) is 0 Å². The van der Waals surface area contributed by atoms with E-state index in [0.29, 0.717) is 23.4 Å². The van der Waals surface area contributed by atoms with E-state index in [2.05, 4.69) is 25.7 Å². The number of anilines is 1. The van der Waals surface area contributed by atoms with Crippen molar-refractivity contribution in [1.82, 2.24) is 20.4 Å². The van der Waals surface area contributed by atoms with E-state index in [1.165, 1.54) is 11.3 Å². The SMILES string of the molecule is Cc1sc(-c2nnc(C3CC3)o2)cc1NC(=O)c1n[nH]c2ccccc12. The molecule has 0 saturated heterocycles. The second kappa shape index (κ2) is 5.77. The number of hydrogen-bond donors (Lipinski definition) is 2. The summed E-state index contributed by atoms with van der Waals surface area (Å²) in [5.74, 6) is 1.38. The summed E-state index contributed by atoms with van der Waals surface area (Å²) in [4.78, 5) is 14.5. The molecule has 0 aliphatic heterocycles. The highest BCUT2D eigenvalue weighted by Gasteiger charge is 2.30. The second-order valence-electron chi connectivity index (χ2n) is 6.37. The Hall–Kier alpha value is -3.00. The Balaban J connectivity index is 1.41. The molecule has 1 fully saturated rings. The van der Waals surface area contributed by atoms with Gasteiger partial charge in [-0.15, -0.1) is 21.5 Å². The summed E-state index contributed by atoms with van der Waals surface area (Å²) in [5.41, 5.74) is 1.94. The molecule has 4 aromatic rings. The standard InChI is InChI=1S/C18H15N5O2S/c1-9-13(8-14(26-9)18-23-22-17(25-18)10-6-7-10)19-16(24)15-11-4-2-3-5-12(11)20-21-15/h2-5,8,10H,6-7H2,1H3,(H,19,24)(H,20,21). The van der Waals surface area contributed by atoms with Crippen molar-refractivity contribution in [1.29, 1.82) is 0 Å². The van der Waals surface area contributed by atoms with E-state index in [9.17, 15) is 4.79 Å². The minimum Gasteiger partial charge on any atom is -0.420 e. The molecule has 0 radical (unpaired) electrons. The predicted octanol–water partition coefficient (Wildman–Crippen LogP) is 4.11. The zero-order chi connectivity index (χ0) is 17.7. The van der Waals surface area contributed by atoms with Crippen molar-refractivity contribution in [2.45, 2.75) is 25.7 Å². The fourth-order valence-electron chi connectivity index (χ4n) is 2.86. The van der Waals surface area contributed by atoms with Crippen LogP contribution in [0.1, 0.15) is 40.0 Å². The van der Waals surface area contributed by atoms with Crippen LogP contribution in [-0.2, 0) is 0 Å². The van der Waals surface area contributed by atoms with Gasteiger partial charge in [0.25, 0.3) is 11.8 Å². The molecule has 5 rings (SSSR count). The summed E-state index contributed by atoms with van der Waals surface area (Å²) in [5, 5.41) is 19.0. The summed E-state index contributed by atoms with van der Waals surface area (Å²) in [6.07, 6.45) is 2.23. The van der Waals surface area contributed by atoms with Gasteiger partial charge in [-0.2, -0.15) is 5.10 Å². The highest BCUT2D eigenvalue weighted by atomic mass is 32.1. The normalized spacial score (nSPS) is 14.0. The number of nitrogens with zero attached hydrogens (tertiary/aromatic N) is 3. The molecule has 0 atom stereocenters. The molecule has 0 unspecified atom stereocenters. The zero-order valence-corrected chi connectivity index (χ0v) is 14.8. The van der Waals surface area contributed by atoms with Gasteiger partial charge in [0.2, 0.25) is 5.89 Å². The number of para-hydroxylation sites is 1. The molecule has 8 heteroatoms. The molecule has 0 spiro atoms. The highest BCUT2D eigenvalue weighted by Crippen LogP contribution is 2.41. The van der Waals surface area contributed by atoms with E-state index in [0.717, 1.165) is 39.2 Å². The molecular weight excluding hydrogens is 350 g/mol. The highest BCUT2D eigenvalue weighted by molar-refractivity contribution is 7.15. The monoisotopic (exact) mass is 365 g/mol. The van der Waals surface area contributed by atoms with E-state index in [-0.39, 0.29) is 5.91 Å². The topological polar surface area (TPSA) is 96.7 Å². The molecule has 2 N–H and O–H groups in total. The van der Waals surface area contributed by atoms with Gasteiger partial charge in [-0.1, -0.05) is 18.2 Å². The molecule has 1 aliphatic rings. The molecule has 7 nitrogen and oxygen atoms in total. The molecule has 0 bridgehead atoms. The zero-order valence-electron chi connectivity index (χ0n) is 13.9. The van der Waals surface area contributed by atoms with Crippen molar-refractivity contribution < 1.29 is 9.21 Å². The van der Waals surface area contributed by atoms with Crippen LogP contribution in [0.25, 0.3) is 21.7 Å². The van der Waals surface area contributed by atoms with Crippen molar-refractivity contribution in [3.05, 3.63) is 46.8 Å². The van der Waals surface area contributed by atoms with Gasteiger partial charge < -0.3 is 9.73 Å². The second-order valence-corrected chi connectivity index (χ2v) is 7.63. The number of carbonyl (C=O) groups is 1. The Morgan fingerprint density at radius 3 is 3.00 bits per heavy atom. The summed E-state index contributed by atoms with van der Waals surface area (Å²) in [7, 11) is 0. The quantitative estimate of drug-likeness (QED) is 0.567. The maximum absolute atomic E-state index is 12.6. The molecule has 130 valence electrons. The van der Waals surface area contributed by atoms with Crippen molar-refractivity contribution in [2.75, 3.05) is 5.32 Å². The van der Waals surface area contributed by atoms with Gasteiger partial charge >= 0.3 is 0 Å². The van der Waals surface area contributed by atoms with Crippen LogP contribution < -0.4 is 5.32 Å². The van der Waals surface area contributed by atoms with Crippen LogP contribution >= 0.6 is 11.3 Å². The predicted molar refractivity (Wildman–Crippen MR) is 98.4 cm³/mol. The first-order valence-electron chi connectivity index (χ1n) is 8.37. The molecule has 3 aromatic heterocycles. The average molecular weight is 365 g/mol. The van der Waals surface area contributed by atoms with Gasteiger partial charge in [0.1, 0.15) is 0 Å². The van der Waals surface area contributed by atoms with Crippen LogP contribution in [0, 0.1) is 6.92 Å². The van der Waals surface area contributed by atoms with Crippen LogP contribution in [0.4, 0.5) is 5.69 Å². The van der Waals surface area contributed by atoms with Gasteiger partial charge in [-0.25, -0.2) is 0 Å². The number of benzene rings is 1. The first kappa shape index (κ1) is 15.3. The number of nitrogens with one attached hydrogen (secondary N) is 2. The number of aromatic nitrogens is 4. The molecule has 26 heavy (non-hydrogen) atoms. The smallest absolute Gasteiger partial charge is 0.276 e. The largest absolute Gasteiger partial charge is 0.420 e. The molecule has 3 heterocycles. The Labute approximate surface area is 152 Å². The lowest BCUT2D eigenvalue weighted by atomic mass is 10.2. The third-order valence-electron chi connectivity index (χ3n) is 4.43. The van der Waals surface area contributed by atoms with Gasteiger partial charge in [0.15, 0.2) is 5.69 Å². The van der Waals surface area contributed by atoms with Crippen LogP contribution in [0.5, 0.6) is 0 Å². The van der Waals surface area contributed by atoms with E-state index < -0.39 is 0 Å². The Morgan fingerprint density at radius 2 is 2.15 bits per heavy atom. The Morgan fingerprint density at radius 1 is 1.31 bits per heavy atom. The number of aryl methyl sites for hydroxylation is 1. The van der Waals surface area contributed by atoms with Crippen LogP contribution in [0.3, 0.4) is 0 Å². The number of thiophene rings is 1. The summed E-state index contributed by atoms with van der Waals surface area (Å²) < 4.78 is 5.75. The maximum Gasteiger partial charge on any atom is 0.276 e. The van der Waals surface area contributed by atoms with E-state index in [1.807, 2.05) is 37.3 Å². The number of hydrogen-bond acceptors (Lipinski definition) is 6.